The van der Waals surface area contributed by atoms with Crippen LogP contribution in [0.2, 0.25) is 0 Å². The number of nitrogens with zero attached hydrogens (tertiary/aromatic N) is 4. The summed E-state index contributed by atoms with van der Waals surface area (Å²) in [5.74, 6) is 1.27. The molecule has 1 atom stereocenters. The standard InChI is InChI=1S/C26H27N5O4/c1-3-23(33)30-15-7-8-19(16-30)31-22(17-32)24(26(27)29-34-2)25(28-31)18-11-13-21(14-12-18)35-20-9-5-4-6-10-20/h3-6,9-14,17,19H,1,7-8,15-16H2,2H3,(H2,27,29). The van der Waals surface area contributed by atoms with Gasteiger partial charge in [0.05, 0.1) is 11.6 Å². The average molecular weight is 474 g/mol. The summed E-state index contributed by atoms with van der Waals surface area (Å²) in [6.07, 6.45) is 3.55. The van der Waals surface area contributed by atoms with Crippen molar-refractivity contribution in [3.63, 3.8) is 0 Å². The number of rotatable bonds is 8. The van der Waals surface area contributed by atoms with E-state index in [0.29, 0.717) is 36.4 Å². The van der Waals surface area contributed by atoms with Gasteiger partial charge < -0.3 is 20.2 Å². The van der Waals surface area contributed by atoms with Crippen molar-refractivity contribution >= 4 is 18.0 Å². The molecule has 9 heteroatoms. The van der Waals surface area contributed by atoms with Gasteiger partial charge in [-0.05, 0) is 55.3 Å². The van der Waals surface area contributed by atoms with Gasteiger partial charge in [0.2, 0.25) is 5.91 Å². The fourth-order valence-electron chi connectivity index (χ4n) is 4.23. The number of benzene rings is 2. The van der Waals surface area contributed by atoms with Crippen LogP contribution in [0.5, 0.6) is 11.5 Å². The molecule has 0 radical (unpaired) electrons. The van der Waals surface area contributed by atoms with Crippen LogP contribution in [0.15, 0.2) is 72.4 Å². The Kier molecular flexibility index (Phi) is 7.25. The first-order valence-corrected chi connectivity index (χ1v) is 11.2. The van der Waals surface area contributed by atoms with Crippen LogP contribution in [0.4, 0.5) is 0 Å². The lowest BCUT2D eigenvalue weighted by Gasteiger charge is -2.32. The molecule has 1 unspecified atom stereocenters. The van der Waals surface area contributed by atoms with Gasteiger partial charge in [-0.25, -0.2) is 0 Å². The first-order valence-electron chi connectivity index (χ1n) is 11.2. The Labute approximate surface area is 203 Å². The number of nitrogens with two attached hydrogens (primary N) is 1. The maximum Gasteiger partial charge on any atom is 0.246 e. The molecular formula is C26H27N5O4. The largest absolute Gasteiger partial charge is 0.457 e. The Hall–Kier alpha value is -4.40. The van der Waals surface area contributed by atoms with E-state index in [1.54, 1.807) is 9.58 Å². The minimum absolute atomic E-state index is 0.0373. The molecule has 2 aromatic carbocycles. The zero-order valence-corrected chi connectivity index (χ0v) is 19.5. The normalized spacial score (nSPS) is 16.0. The van der Waals surface area contributed by atoms with Crippen LogP contribution in [0.3, 0.4) is 0 Å². The molecule has 4 rings (SSSR count). The van der Waals surface area contributed by atoms with Crippen molar-refractivity contribution in [1.29, 1.82) is 0 Å². The van der Waals surface area contributed by atoms with E-state index in [2.05, 4.69) is 11.7 Å². The molecule has 0 bridgehead atoms. The molecule has 1 amide bonds. The van der Waals surface area contributed by atoms with Gasteiger partial charge in [0.1, 0.15) is 30.0 Å². The van der Waals surface area contributed by atoms with E-state index in [1.165, 1.54) is 13.2 Å². The molecule has 1 aliphatic rings. The molecule has 0 saturated carbocycles. The lowest BCUT2D eigenvalue weighted by Crippen LogP contribution is -2.40. The summed E-state index contributed by atoms with van der Waals surface area (Å²) in [4.78, 5) is 31.0. The minimum atomic E-state index is -0.198. The van der Waals surface area contributed by atoms with Gasteiger partial charge in [-0.15, -0.1) is 0 Å². The second kappa shape index (κ2) is 10.7. The van der Waals surface area contributed by atoms with Gasteiger partial charge in [0.15, 0.2) is 12.1 Å². The van der Waals surface area contributed by atoms with Crippen LogP contribution in [0.25, 0.3) is 11.3 Å². The number of hydrogen-bond acceptors (Lipinski definition) is 6. The van der Waals surface area contributed by atoms with Crippen LogP contribution < -0.4 is 10.5 Å². The van der Waals surface area contributed by atoms with Crippen LogP contribution in [0.1, 0.15) is 34.9 Å². The molecular weight excluding hydrogens is 446 g/mol. The van der Waals surface area contributed by atoms with Crippen molar-refractivity contribution in [2.45, 2.75) is 18.9 Å². The number of carbonyl (C=O) groups is 2. The van der Waals surface area contributed by atoms with Crippen LogP contribution in [0, 0.1) is 0 Å². The fourth-order valence-corrected chi connectivity index (χ4v) is 4.23. The molecule has 9 nitrogen and oxygen atoms in total. The van der Waals surface area contributed by atoms with Crippen molar-refractivity contribution in [3.8, 4) is 22.8 Å². The number of carbonyl (C=O) groups excluding carboxylic acids is 2. The van der Waals surface area contributed by atoms with E-state index in [-0.39, 0.29) is 23.5 Å². The number of aldehydes is 1. The summed E-state index contributed by atoms with van der Waals surface area (Å²) in [5.41, 5.74) is 8.08. The van der Waals surface area contributed by atoms with E-state index in [4.69, 9.17) is 20.4 Å². The third-order valence-electron chi connectivity index (χ3n) is 5.84. The van der Waals surface area contributed by atoms with Crippen LogP contribution >= 0.6 is 0 Å². The second-order valence-corrected chi connectivity index (χ2v) is 8.05. The summed E-state index contributed by atoms with van der Waals surface area (Å²) in [6.45, 7) is 4.62. The highest BCUT2D eigenvalue weighted by molar-refractivity contribution is 6.07. The molecule has 3 aromatic rings. The summed E-state index contributed by atoms with van der Waals surface area (Å²) in [6, 6.07) is 16.6. The topological polar surface area (TPSA) is 112 Å². The maximum absolute atomic E-state index is 12.2. The number of aromatic nitrogens is 2. The highest BCUT2D eigenvalue weighted by Crippen LogP contribution is 2.32. The van der Waals surface area contributed by atoms with Gasteiger partial charge in [-0.2, -0.15) is 5.10 Å². The highest BCUT2D eigenvalue weighted by Gasteiger charge is 2.30. The molecule has 1 aliphatic heterocycles. The third-order valence-corrected chi connectivity index (χ3v) is 5.84. The fraction of sp³-hybridized carbons (Fsp3) is 0.231. The van der Waals surface area contributed by atoms with Crippen molar-refractivity contribution in [2.24, 2.45) is 10.9 Å². The van der Waals surface area contributed by atoms with Crippen LogP contribution in [-0.4, -0.2) is 52.9 Å². The predicted molar refractivity (Wildman–Crippen MR) is 132 cm³/mol. The SMILES string of the molecule is C=CC(=O)N1CCCC(n2nc(-c3ccc(Oc4ccccc4)cc3)c(/C(N)=N\OC)c2C=O)C1. The number of oxime groups is 1. The molecule has 2 N–H and O–H groups in total. The number of amides is 1. The zero-order chi connectivity index (χ0) is 24.8. The monoisotopic (exact) mass is 473 g/mol. The number of likely N-dealkylation sites (tertiary alicyclic amines) is 1. The highest BCUT2D eigenvalue weighted by atomic mass is 16.6. The van der Waals surface area contributed by atoms with Gasteiger partial charge >= 0.3 is 0 Å². The smallest absolute Gasteiger partial charge is 0.246 e. The lowest BCUT2D eigenvalue weighted by atomic mass is 10.0. The molecule has 0 aliphatic carbocycles. The zero-order valence-electron chi connectivity index (χ0n) is 19.5. The predicted octanol–water partition coefficient (Wildman–Crippen LogP) is 3.77. The van der Waals surface area contributed by atoms with E-state index < -0.39 is 0 Å². The van der Waals surface area contributed by atoms with E-state index in [9.17, 15) is 9.59 Å². The summed E-state index contributed by atoms with van der Waals surface area (Å²) in [5, 5.41) is 8.63. The maximum atomic E-state index is 12.2. The van der Waals surface area contributed by atoms with Gasteiger partial charge in [-0.1, -0.05) is 29.9 Å². The van der Waals surface area contributed by atoms with E-state index in [1.807, 2.05) is 54.6 Å². The molecule has 0 spiro atoms. The molecule has 1 saturated heterocycles. The van der Waals surface area contributed by atoms with Gasteiger partial charge in [0, 0.05) is 18.7 Å². The summed E-state index contributed by atoms with van der Waals surface area (Å²) < 4.78 is 7.53. The third kappa shape index (κ3) is 5.08. The Morgan fingerprint density at radius 2 is 1.89 bits per heavy atom. The molecule has 35 heavy (non-hydrogen) atoms. The number of amidine groups is 1. The molecule has 180 valence electrons. The van der Waals surface area contributed by atoms with Crippen molar-refractivity contribution in [2.75, 3.05) is 20.2 Å². The quantitative estimate of drug-likeness (QED) is 0.175. The Balaban J connectivity index is 1.73. The van der Waals surface area contributed by atoms with Crippen molar-refractivity contribution in [3.05, 3.63) is 78.5 Å². The number of piperidine rings is 1. The number of ether oxygens (including phenoxy) is 1. The van der Waals surface area contributed by atoms with Gasteiger partial charge in [0.25, 0.3) is 0 Å². The molecule has 1 aromatic heterocycles. The summed E-state index contributed by atoms with van der Waals surface area (Å²) >= 11 is 0. The first kappa shape index (κ1) is 23.7. The Morgan fingerprint density at radius 3 is 2.54 bits per heavy atom. The van der Waals surface area contributed by atoms with E-state index >= 15 is 0 Å². The first-order chi connectivity index (χ1) is 17.0. The molecule has 2 heterocycles. The minimum Gasteiger partial charge on any atom is -0.457 e. The Bertz CT molecular complexity index is 1230. The van der Waals surface area contributed by atoms with E-state index in [0.717, 1.165) is 24.2 Å². The molecule has 1 fully saturated rings. The second-order valence-electron chi connectivity index (χ2n) is 8.05. The van der Waals surface area contributed by atoms with Crippen LogP contribution in [-0.2, 0) is 9.63 Å². The Morgan fingerprint density at radius 1 is 1.17 bits per heavy atom. The number of hydrogen-bond donors (Lipinski definition) is 1. The van der Waals surface area contributed by atoms with Crippen molar-refractivity contribution in [1.82, 2.24) is 14.7 Å². The number of para-hydroxylation sites is 1. The lowest BCUT2D eigenvalue weighted by molar-refractivity contribution is -0.127. The van der Waals surface area contributed by atoms with Crippen molar-refractivity contribution < 1.29 is 19.2 Å². The average Bonchev–Trinajstić information content (AvgIpc) is 3.29. The van der Waals surface area contributed by atoms with Gasteiger partial charge in [-0.3, -0.25) is 14.3 Å². The summed E-state index contributed by atoms with van der Waals surface area (Å²) in [7, 11) is 1.38.